The van der Waals surface area contributed by atoms with Gasteiger partial charge in [0.1, 0.15) is 6.04 Å². The fraction of sp³-hybridized carbons (Fsp3) is 0.480. The molecule has 33 heavy (non-hydrogen) atoms. The molecule has 0 aliphatic carbocycles. The second kappa shape index (κ2) is 7.52. The zero-order valence-corrected chi connectivity index (χ0v) is 18.9. The van der Waals surface area contributed by atoms with Crippen LogP contribution in [0, 0.1) is 11.3 Å². The predicted octanol–water partition coefficient (Wildman–Crippen LogP) is 2.20. The van der Waals surface area contributed by atoms with Crippen molar-refractivity contribution in [1.29, 1.82) is 5.26 Å². The first-order valence-corrected chi connectivity index (χ1v) is 11.3. The molecule has 8 nitrogen and oxygen atoms in total. The number of fused-ring (bicyclic) bond motifs is 8. The number of piperazine rings is 1. The molecule has 2 aromatic rings. The Labute approximate surface area is 192 Å². The number of methoxy groups -OCH3 is 2. The molecular weight excluding hydrogens is 422 g/mol. The summed E-state index contributed by atoms with van der Waals surface area (Å²) in [5, 5.41) is 20.9. The van der Waals surface area contributed by atoms with E-state index < -0.39 is 0 Å². The molecule has 6 rings (SSSR count). The Morgan fingerprint density at radius 2 is 1.67 bits per heavy atom. The van der Waals surface area contributed by atoms with Gasteiger partial charge in [-0.25, -0.2) is 0 Å². The Bertz CT molecular complexity index is 1160. The first-order valence-electron chi connectivity index (χ1n) is 11.3. The number of ether oxygens (including phenoxy) is 4. The largest absolute Gasteiger partial charge is 0.493 e. The molecule has 8 heteroatoms. The Morgan fingerprint density at radius 1 is 1.00 bits per heavy atom. The number of likely N-dealkylation sites (N-methyl/N-ethyl adjacent to an activating group) is 1. The zero-order valence-electron chi connectivity index (χ0n) is 18.9. The Morgan fingerprint density at radius 3 is 2.36 bits per heavy atom. The molecule has 172 valence electrons. The van der Waals surface area contributed by atoms with Gasteiger partial charge < -0.3 is 24.1 Å². The first kappa shape index (κ1) is 20.6. The second-order valence-corrected chi connectivity index (χ2v) is 9.18. The van der Waals surface area contributed by atoms with Gasteiger partial charge in [0.05, 0.1) is 39.0 Å². The van der Waals surface area contributed by atoms with Gasteiger partial charge in [0, 0.05) is 12.1 Å². The molecule has 0 radical (unpaired) electrons. The number of rotatable bonds is 3. The maximum Gasteiger partial charge on any atom is 0.231 e. The molecule has 0 amide bonds. The summed E-state index contributed by atoms with van der Waals surface area (Å²) in [6, 6.07) is 10.2. The number of aliphatic hydroxyl groups excluding tert-OH is 1. The van der Waals surface area contributed by atoms with Gasteiger partial charge in [-0.3, -0.25) is 9.80 Å². The Kier molecular flexibility index (Phi) is 4.70. The lowest BCUT2D eigenvalue weighted by Gasteiger charge is -2.59. The lowest BCUT2D eigenvalue weighted by atomic mass is 9.73. The average molecular weight is 450 g/mol. The van der Waals surface area contributed by atoms with Crippen LogP contribution in [0.4, 0.5) is 0 Å². The van der Waals surface area contributed by atoms with Gasteiger partial charge in [-0.05, 0) is 66.4 Å². The molecule has 4 aliphatic heterocycles. The van der Waals surface area contributed by atoms with Crippen molar-refractivity contribution in [3.8, 4) is 29.1 Å². The van der Waals surface area contributed by atoms with Gasteiger partial charge in [-0.1, -0.05) is 0 Å². The van der Waals surface area contributed by atoms with Crippen molar-refractivity contribution in [2.45, 2.75) is 43.1 Å². The molecule has 1 N–H and O–H groups in total. The number of hydrogen-bond acceptors (Lipinski definition) is 8. The van der Waals surface area contributed by atoms with E-state index in [1.807, 2.05) is 12.1 Å². The Hall–Kier alpha value is -2.99. The molecule has 4 aliphatic rings. The van der Waals surface area contributed by atoms with Crippen molar-refractivity contribution in [3.05, 3.63) is 46.5 Å². The zero-order chi connectivity index (χ0) is 22.9. The number of benzene rings is 2. The van der Waals surface area contributed by atoms with Crippen molar-refractivity contribution in [2.75, 3.05) is 34.7 Å². The second-order valence-electron chi connectivity index (χ2n) is 9.18. The van der Waals surface area contributed by atoms with E-state index in [9.17, 15) is 10.4 Å². The van der Waals surface area contributed by atoms with Gasteiger partial charge in [0.15, 0.2) is 23.0 Å². The Balaban J connectivity index is 1.53. The number of aliphatic hydroxyl groups is 1. The molecule has 0 spiro atoms. The number of hydrogen-bond donors (Lipinski definition) is 1. The number of nitrogens with zero attached hydrogens (tertiary/aromatic N) is 3. The summed E-state index contributed by atoms with van der Waals surface area (Å²) in [6.45, 7) is 0.141. The van der Waals surface area contributed by atoms with Crippen LogP contribution in [0.5, 0.6) is 23.0 Å². The first-order chi connectivity index (χ1) is 16.1. The maximum atomic E-state index is 10.5. The maximum absolute atomic E-state index is 10.5. The standard InChI is InChI=1S/C25H27N3O5/c1-27-17-4-14-6-21(30-2)22(31-3)9-16(14)25(27)18-5-13-7-23-24(33-12-32-23)8-15(13)20(11-29)28(18)19(17)10-26/h6-9,17-20,25,29H,4-5,11-12H2,1-3H3/t17-,18?,19-,20-,25+/m0/s1. The minimum absolute atomic E-state index is 0.00598. The fourth-order valence-corrected chi connectivity index (χ4v) is 6.43. The minimum Gasteiger partial charge on any atom is -0.493 e. The third-order valence-electron chi connectivity index (χ3n) is 7.88. The summed E-state index contributed by atoms with van der Waals surface area (Å²) in [6.07, 6.45) is 1.48. The quantitative estimate of drug-likeness (QED) is 0.763. The number of nitriles is 1. The van der Waals surface area contributed by atoms with E-state index in [1.165, 1.54) is 11.1 Å². The molecular formula is C25H27N3O5. The van der Waals surface area contributed by atoms with Crippen molar-refractivity contribution in [1.82, 2.24) is 9.80 Å². The summed E-state index contributed by atoms with van der Waals surface area (Å²) in [5.41, 5.74) is 4.54. The third kappa shape index (κ3) is 2.80. The van der Waals surface area contributed by atoms with Crippen LogP contribution in [0.15, 0.2) is 24.3 Å². The summed E-state index contributed by atoms with van der Waals surface area (Å²) in [7, 11) is 5.41. The minimum atomic E-state index is -0.354. The van der Waals surface area contributed by atoms with Gasteiger partial charge in [0.25, 0.3) is 0 Å². The topological polar surface area (TPSA) is 87.4 Å². The highest BCUT2D eigenvalue weighted by Gasteiger charge is 2.54. The van der Waals surface area contributed by atoms with Crippen LogP contribution < -0.4 is 18.9 Å². The summed E-state index contributed by atoms with van der Waals surface area (Å²) >= 11 is 0. The van der Waals surface area contributed by atoms with Crippen LogP contribution in [0.2, 0.25) is 0 Å². The van der Waals surface area contributed by atoms with Gasteiger partial charge in [0.2, 0.25) is 6.79 Å². The summed E-state index contributed by atoms with van der Waals surface area (Å²) in [4.78, 5) is 4.59. The van der Waals surface area contributed by atoms with E-state index in [2.05, 4.69) is 35.0 Å². The molecule has 4 heterocycles. The van der Waals surface area contributed by atoms with Crippen LogP contribution in [-0.4, -0.2) is 67.7 Å². The molecule has 2 aromatic carbocycles. The molecule has 1 saturated heterocycles. The summed E-state index contributed by atoms with van der Waals surface area (Å²) in [5.74, 6) is 2.86. The van der Waals surface area contributed by atoms with Crippen LogP contribution in [0.1, 0.15) is 34.3 Å². The van der Waals surface area contributed by atoms with E-state index in [0.717, 1.165) is 29.7 Å². The van der Waals surface area contributed by atoms with Crippen molar-refractivity contribution >= 4 is 0 Å². The SMILES string of the molecule is COc1cc2c(cc1OC)[C@@H]1C3Cc4cc5c(cc4[C@H](CO)N3[C@@H](C#N)[C@H](C2)N1C)OCO5. The van der Waals surface area contributed by atoms with Gasteiger partial charge in [-0.2, -0.15) is 5.26 Å². The van der Waals surface area contributed by atoms with E-state index in [-0.39, 0.29) is 43.6 Å². The average Bonchev–Trinajstić information content (AvgIpc) is 3.28. The lowest BCUT2D eigenvalue weighted by molar-refractivity contribution is -0.0812. The van der Waals surface area contributed by atoms with Crippen molar-refractivity contribution in [2.24, 2.45) is 0 Å². The normalized spacial score (nSPS) is 29.5. The van der Waals surface area contributed by atoms with Crippen molar-refractivity contribution < 1.29 is 24.1 Å². The van der Waals surface area contributed by atoms with Crippen LogP contribution in [-0.2, 0) is 12.8 Å². The van der Waals surface area contributed by atoms with Crippen LogP contribution in [0.3, 0.4) is 0 Å². The van der Waals surface area contributed by atoms with Gasteiger partial charge >= 0.3 is 0 Å². The smallest absolute Gasteiger partial charge is 0.231 e. The molecule has 0 aromatic heterocycles. The van der Waals surface area contributed by atoms with E-state index in [0.29, 0.717) is 17.2 Å². The highest BCUT2D eigenvalue weighted by Crippen LogP contribution is 2.52. The highest BCUT2D eigenvalue weighted by molar-refractivity contribution is 5.54. The summed E-state index contributed by atoms with van der Waals surface area (Å²) < 4.78 is 22.4. The van der Waals surface area contributed by atoms with Crippen molar-refractivity contribution in [3.63, 3.8) is 0 Å². The molecule has 0 saturated carbocycles. The molecule has 1 fully saturated rings. The van der Waals surface area contributed by atoms with E-state index in [1.54, 1.807) is 14.2 Å². The fourth-order valence-electron chi connectivity index (χ4n) is 6.43. The molecule has 2 bridgehead atoms. The van der Waals surface area contributed by atoms with Crippen LogP contribution >= 0.6 is 0 Å². The predicted molar refractivity (Wildman–Crippen MR) is 119 cm³/mol. The van der Waals surface area contributed by atoms with E-state index in [4.69, 9.17) is 18.9 Å². The van der Waals surface area contributed by atoms with E-state index >= 15 is 0 Å². The molecule has 5 atom stereocenters. The lowest BCUT2D eigenvalue weighted by Crippen LogP contribution is -2.68. The molecule has 1 unspecified atom stereocenters. The third-order valence-corrected chi connectivity index (χ3v) is 7.88. The monoisotopic (exact) mass is 449 g/mol. The highest BCUT2D eigenvalue weighted by atomic mass is 16.7. The van der Waals surface area contributed by atoms with Crippen LogP contribution in [0.25, 0.3) is 0 Å². The van der Waals surface area contributed by atoms with Gasteiger partial charge in [-0.15, -0.1) is 0 Å².